The maximum atomic E-state index is 12.8. The predicted octanol–water partition coefficient (Wildman–Crippen LogP) is 1.23. The second kappa shape index (κ2) is 6.71. The van der Waals surface area contributed by atoms with Crippen LogP contribution in [-0.4, -0.2) is 47.3 Å². The molecule has 3 rings (SSSR count). The van der Waals surface area contributed by atoms with Crippen LogP contribution in [0.5, 0.6) is 0 Å². The minimum atomic E-state index is -0.204. The van der Waals surface area contributed by atoms with E-state index in [1.54, 1.807) is 4.90 Å². The Morgan fingerprint density at radius 1 is 1.26 bits per heavy atom. The summed E-state index contributed by atoms with van der Waals surface area (Å²) >= 11 is 0. The van der Waals surface area contributed by atoms with E-state index in [9.17, 15) is 9.59 Å². The lowest BCUT2D eigenvalue weighted by molar-refractivity contribution is -0.136. The van der Waals surface area contributed by atoms with Gasteiger partial charge in [-0.3, -0.25) is 9.59 Å². The lowest BCUT2D eigenvalue weighted by Gasteiger charge is -2.25. The summed E-state index contributed by atoms with van der Waals surface area (Å²) < 4.78 is 0. The molecule has 3 atom stereocenters. The maximum Gasteiger partial charge on any atom is 0.228 e. The quantitative estimate of drug-likeness (QED) is 0.909. The van der Waals surface area contributed by atoms with Gasteiger partial charge in [-0.1, -0.05) is 30.3 Å². The molecule has 2 fully saturated rings. The van der Waals surface area contributed by atoms with Gasteiger partial charge in [-0.25, -0.2) is 0 Å². The molecule has 2 N–H and O–H groups in total. The standard InChI is InChI=1S/C18H25N3O2/c1-13-7-15(9-19)11-21(13)18(23)16-8-17(22)20(12-16)10-14-5-3-2-4-6-14/h2-6,13,15-16H,7-12,19H2,1H3. The number of carbonyl (C=O) groups is 2. The van der Waals surface area contributed by atoms with Crippen LogP contribution >= 0.6 is 0 Å². The molecular formula is C18H25N3O2. The highest BCUT2D eigenvalue weighted by atomic mass is 16.2. The zero-order valence-electron chi connectivity index (χ0n) is 13.6. The fraction of sp³-hybridized carbons (Fsp3) is 0.556. The third kappa shape index (κ3) is 3.39. The fourth-order valence-electron chi connectivity index (χ4n) is 3.75. The molecule has 3 unspecified atom stereocenters. The molecular weight excluding hydrogens is 290 g/mol. The van der Waals surface area contributed by atoms with Crippen LogP contribution in [0.2, 0.25) is 0 Å². The predicted molar refractivity (Wildman–Crippen MR) is 88.3 cm³/mol. The van der Waals surface area contributed by atoms with Crippen molar-refractivity contribution < 1.29 is 9.59 Å². The van der Waals surface area contributed by atoms with Gasteiger partial charge < -0.3 is 15.5 Å². The molecule has 2 saturated heterocycles. The van der Waals surface area contributed by atoms with Crippen molar-refractivity contribution in [2.24, 2.45) is 17.6 Å². The van der Waals surface area contributed by atoms with Gasteiger partial charge in [-0.15, -0.1) is 0 Å². The lowest BCUT2D eigenvalue weighted by atomic mass is 10.1. The van der Waals surface area contributed by atoms with Crippen molar-refractivity contribution in [2.45, 2.75) is 32.4 Å². The van der Waals surface area contributed by atoms with Crippen LogP contribution in [0.1, 0.15) is 25.3 Å². The van der Waals surface area contributed by atoms with Gasteiger partial charge in [0.1, 0.15) is 0 Å². The second-order valence-corrected chi connectivity index (χ2v) is 6.84. The first kappa shape index (κ1) is 16.0. The molecule has 1 aromatic carbocycles. The summed E-state index contributed by atoms with van der Waals surface area (Å²) in [6.45, 7) is 4.55. The average Bonchev–Trinajstić information content (AvgIpc) is 3.11. The Bertz CT molecular complexity index is 575. The van der Waals surface area contributed by atoms with E-state index in [4.69, 9.17) is 5.73 Å². The number of carbonyl (C=O) groups excluding carboxylic acids is 2. The van der Waals surface area contributed by atoms with E-state index >= 15 is 0 Å². The van der Waals surface area contributed by atoms with Crippen LogP contribution < -0.4 is 5.73 Å². The smallest absolute Gasteiger partial charge is 0.228 e. The van der Waals surface area contributed by atoms with E-state index in [-0.39, 0.29) is 23.8 Å². The summed E-state index contributed by atoms with van der Waals surface area (Å²) in [7, 11) is 0. The number of hydrogen-bond acceptors (Lipinski definition) is 3. The van der Waals surface area contributed by atoms with Gasteiger partial charge in [0.25, 0.3) is 0 Å². The van der Waals surface area contributed by atoms with Crippen LogP contribution in [-0.2, 0) is 16.1 Å². The van der Waals surface area contributed by atoms with E-state index in [0.29, 0.717) is 32.0 Å². The topological polar surface area (TPSA) is 66.6 Å². The summed E-state index contributed by atoms with van der Waals surface area (Å²) in [6.07, 6.45) is 1.30. The molecule has 23 heavy (non-hydrogen) atoms. The van der Waals surface area contributed by atoms with E-state index in [0.717, 1.165) is 18.5 Å². The average molecular weight is 315 g/mol. The fourth-order valence-corrected chi connectivity index (χ4v) is 3.75. The minimum absolute atomic E-state index is 0.0782. The van der Waals surface area contributed by atoms with Gasteiger partial charge in [0.05, 0.1) is 5.92 Å². The highest BCUT2D eigenvalue weighted by Crippen LogP contribution is 2.28. The summed E-state index contributed by atoms with van der Waals surface area (Å²) in [4.78, 5) is 28.8. The maximum absolute atomic E-state index is 12.8. The molecule has 0 spiro atoms. The largest absolute Gasteiger partial charge is 0.339 e. The third-order valence-corrected chi connectivity index (χ3v) is 5.06. The molecule has 0 bridgehead atoms. The summed E-state index contributed by atoms with van der Waals surface area (Å²) in [6, 6.07) is 10.2. The van der Waals surface area contributed by atoms with Gasteiger partial charge in [0, 0.05) is 32.1 Å². The van der Waals surface area contributed by atoms with Gasteiger partial charge in [-0.2, -0.15) is 0 Å². The van der Waals surface area contributed by atoms with E-state index < -0.39 is 0 Å². The summed E-state index contributed by atoms with van der Waals surface area (Å²) in [5, 5.41) is 0. The van der Waals surface area contributed by atoms with Crippen molar-refractivity contribution >= 4 is 11.8 Å². The molecule has 5 nitrogen and oxygen atoms in total. The molecule has 0 radical (unpaired) electrons. The first-order valence-electron chi connectivity index (χ1n) is 8.40. The van der Waals surface area contributed by atoms with Gasteiger partial charge >= 0.3 is 0 Å². The molecule has 2 aliphatic rings. The number of likely N-dealkylation sites (tertiary alicyclic amines) is 2. The van der Waals surface area contributed by atoms with Gasteiger partial charge in [0.2, 0.25) is 11.8 Å². The number of rotatable bonds is 4. The monoisotopic (exact) mass is 315 g/mol. The molecule has 0 aromatic heterocycles. The molecule has 5 heteroatoms. The number of hydrogen-bond donors (Lipinski definition) is 1. The van der Waals surface area contributed by atoms with E-state index in [1.807, 2.05) is 35.2 Å². The van der Waals surface area contributed by atoms with Crippen LogP contribution in [0.3, 0.4) is 0 Å². The Morgan fingerprint density at radius 2 is 2.00 bits per heavy atom. The van der Waals surface area contributed by atoms with Crippen LogP contribution in [0.25, 0.3) is 0 Å². The lowest BCUT2D eigenvalue weighted by Crippen LogP contribution is -2.39. The molecule has 2 amide bonds. The van der Waals surface area contributed by atoms with Crippen molar-refractivity contribution in [3.63, 3.8) is 0 Å². The highest BCUT2D eigenvalue weighted by molar-refractivity contribution is 5.89. The first-order valence-corrected chi connectivity index (χ1v) is 8.40. The number of nitrogens with zero attached hydrogens (tertiary/aromatic N) is 2. The number of nitrogens with two attached hydrogens (primary N) is 1. The minimum Gasteiger partial charge on any atom is -0.339 e. The number of amides is 2. The molecule has 2 aliphatic heterocycles. The third-order valence-electron chi connectivity index (χ3n) is 5.06. The Labute approximate surface area is 137 Å². The van der Waals surface area contributed by atoms with E-state index in [2.05, 4.69) is 6.92 Å². The van der Waals surface area contributed by atoms with Gasteiger partial charge in [-0.05, 0) is 31.4 Å². The van der Waals surface area contributed by atoms with Gasteiger partial charge in [0.15, 0.2) is 0 Å². The highest BCUT2D eigenvalue weighted by Gasteiger charge is 2.40. The SMILES string of the molecule is CC1CC(CN)CN1C(=O)C1CC(=O)N(Cc2ccccc2)C1. The van der Waals surface area contributed by atoms with Crippen molar-refractivity contribution in [1.29, 1.82) is 0 Å². The van der Waals surface area contributed by atoms with E-state index in [1.165, 1.54) is 0 Å². The summed E-state index contributed by atoms with van der Waals surface area (Å²) in [5.74, 6) is 0.392. The van der Waals surface area contributed by atoms with Crippen molar-refractivity contribution in [3.8, 4) is 0 Å². The molecule has 0 saturated carbocycles. The van der Waals surface area contributed by atoms with Crippen LogP contribution in [0.15, 0.2) is 30.3 Å². The zero-order valence-corrected chi connectivity index (χ0v) is 13.6. The Hall–Kier alpha value is -1.88. The molecule has 124 valence electrons. The van der Waals surface area contributed by atoms with Crippen molar-refractivity contribution in [3.05, 3.63) is 35.9 Å². The zero-order chi connectivity index (χ0) is 16.4. The van der Waals surface area contributed by atoms with Crippen LogP contribution in [0, 0.1) is 11.8 Å². The van der Waals surface area contributed by atoms with Crippen molar-refractivity contribution in [2.75, 3.05) is 19.6 Å². The number of benzene rings is 1. The Kier molecular flexibility index (Phi) is 4.66. The second-order valence-electron chi connectivity index (χ2n) is 6.84. The normalized spacial score (nSPS) is 27.7. The molecule has 0 aliphatic carbocycles. The first-order chi connectivity index (χ1) is 11.1. The molecule has 2 heterocycles. The Balaban J connectivity index is 1.62. The van der Waals surface area contributed by atoms with Crippen molar-refractivity contribution in [1.82, 2.24) is 9.80 Å². The molecule has 1 aromatic rings. The summed E-state index contributed by atoms with van der Waals surface area (Å²) in [5.41, 5.74) is 6.85. The van der Waals surface area contributed by atoms with Crippen LogP contribution in [0.4, 0.5) is 0 Å². The Morgan fingerprint density at radius 3 is 2.65 bits per heavy atom.